The fourth-order valence-electron chi connectivity index (χ4n) is 5.17. The second kappa shape index (κ2) is 7.30. The summed E-state index contributed by atoms with van der Waals surface area (Å²) in [7, 11) is 0. The van der Waals surface area contributed by atoms with E-state index in [2.05, 4.69) is 121 Å². The molecule has 0 saturated heterocycles. The van der Waals surface area contributed by atoms with Crippen LogP contribution in [0.5, 0.6) is 0 Å². The van der Waals surface area contributed by atoms with E-state index in [1.54, 1.807) is 0 Å². The van der Waals surface area contributed by atoms with Gasteiger partial charge in [0, 0.05) is 20.2 Å². The Balaban J connectivity index is 1.72. The molecule has 0 unspecified atom stereocenters. The van der Waals surface area contributed by atoms with Crippen LogP contribution in [0.1, 0.15) is 0 Å². The van der Waals surface area contributed by atoms with E-state index >= 15 is 0 Å². The van der Waals surface area contributed by atoms with E-state index in [0.29, 0.717) is 0 Å². The Bertz CT molecular complexity index is 1790. The first-order valence-corrected chi connectivity index (χ1v) is 12.1. The van der Waals surface area contributed by atoms with Crippen molar-refractivity contribution in [2.24, 2.45) is 0 Å². The summed E-state index contributed by atoms with van der Waals surface area (Å²) < 4.78 is 2.72. The summed E-state index contributed by atoms with van der Waals surface area (Å²) in [6.45, 7) is 0. The number of hydrogen-bond donors (Lipinski definition) is 0. The molecule has 0 bridgehead atoms. The van der Waals surface area contributed by atoms with Crippen LogP contribution in [0.2, 0.25) is 0 Å². The highest BCUT2D eigenvalue weighted by Crippen LogP contribution is 2.47. The second-order valence-corrected chi connectivity index (χ2v) is 9.57. The van der Waals surface area contributed by atoms with Gasteiger partial charge in [-0.2, -0.15) is 0 Å². The minimum atomic E-state index is 1.25. The third kappa shape index (κ3) is 2.83. The zero-order chi connectivity index (χ0) is 21.8. The van der Waals surface area contributed by atoms with Gasteiger partial charge in [-0.05, 0) is 49.9 Å². The molecule has 1 aromatic heterocycles. The summed E-state index contributed by atoms with van der Waals surface area (Å²) in [6.07, 6.45) is 0. The smallest absolute Gasteiger partial charge is 0.0434 e. The molecule has 0 amide bonds. The number of hydrogen-bond acceptors (Lipinski definition) is 1. The summed E-state index contributed by atoms with van der Waals surface area (Å²) in [4.78, 5) is 0. The van der Waals surface area contributed by atoms with Gasteiger partial charge >= 0.3 is 0 Å². The SMILES string of the molecule is c1ccc(-c2ccc3ccc4sc5c6ccccc6ccc5c4c3c2-c2ccccc2)cc1. The molecule has 0 spiro atoms. The molecule has 0 nitrogen and oxygen atoms in total. The fraction of sp³-hybridized carbons (Fsp3) is 0. The highest BCUT2D eigenvalue weighted by atomic mass is 32.1. The van der Waals surface area contributed by atoms with Crippen LogP contribution in [0.15, 0.2) is 121 Å². The first-order chi connectivity index (χ1) is 16.4. The molecule has 1 heterocycles. The number of benzene rings is 6. The Morgan fingerprint density at radius 2 is 1.09 bits per heavy atom. The molecular weight excluding hydrogens is 416 g/mol. The van der Waals surface area contributed by atoms with E-state index in [-0.39, 0.29) is 0 Å². The van der Waals surface area contributed by atoms with Crippen molar-refractivity contribution >= 4 is 53.1 Å². The molecule has 0 saturated carbocycles. The predicted octanol–water partition coefficient (Wildman–Crippen LogP) is 9.69. The van der Waals surface area contributed by atoms with Crippen molar-refractivity contribution in [2.75, 3.05) is 0 Å². The van der Waals surface area contributed by atoms with Gasteiger partial charge in [0.05, 0.1) is 0 Å². The van der Waals surface area contributed by atoms with Crippen LogP contribution in [0.4, 0.5) is 0 Å². The normalized spacial score (nSPS) is 11.6. The first kappa shape index (κ1) is 18.6. The zero-order valence-electron chi connectivity index (χ0n) is 18.0. The van der Waals surface area contributed by atoms with Crippen LogP contribution >= 0.6 is 11.3 Å². The molecule has 0 aliphatic rings. The molecule has 0 radical (unpaired) electrons. The van der Waals surface area contributed by atoms with Gasteiger partial charge in [0.1, 0.15) is 0 Å². The van der Waals surface area contributed by atoms with Gasteiger partial charge < -0.3 is 0 Å². The summed E-state index contributed by atoms with van der Waals surface area (Å²) in [6, 6.07) is 44.1. The van der Waals surface area contributed by atoms with E-state index < -0.39 is 0 Å². The lowest BCUT2D eigenvalue weighted by Gasteiger charge is -2.15. The van der Waals surface area contributed by atoms with Crippen molar-refractivity contribution in [2.45, 2.75) is 0 Å². The summed E-state index contributed by atoms with van der Waals surface area (Å²) in [5.41, 5.74) is 5.11. The Labute approximate surface area is 196 Å². The molecule has 0 aliphatic heterocycles. The Kier molecular flexibility index (Phi) is 4.12. The molecule has 0 aliphatic carbocycles. The molecule has 33 heavy (non-hydrogen) atoms. The quantitative estimate of drug-likeness (QED) is 0.253. The maximum Gasteiger partial charge on any atom is 0.0434 e. The molecule has 0 N–H and O–H groups in total. The van der Waals surface area contributed by atoms with E-state index in [4.69, 9.17) is 0 Å². The summed E-state index contributed by atoms with van der Waals surface area (Å²) in [5, 5.41) is 7.99. The lowest BCUT2D eigenvalue weighted by molar-refractivity contribution is 1.62. The van der Waals surface area contributed by atoms with Gasteiger partial charge in [0.15, 0.2) is 0 Å². The van der Waals surface area contributed by atoms with Gasteiger partial charge in [0.25, 0.3) is 0 Å². The molecule has 7 rings (SSSR count). The third-order valence-electron chi connectivity index (χ3n) is 6.66. The fourth-order valence-corrected chi connectivity index (χ4v) is 6.42. The van der Waals surface area contributed by atoms with Crippen LogP contribution in [0, 0.1) is 0 Å². The largest absolute Gasteiger partial charge is 0.135 e. The van der Waals surface area contributed by atoms with E-state index in [1.165, 1.54) is 64.0 Å². The van der Waals surface area contributed by atoms with Crippen LogP contribution in [-0.2, 0) is 0 Å². The van der Waals surface area contributed by atoms with Crippen molar-refractivity contribution < 1.29 is 0 Å². The lowest BCUT2D eigenvalue weighted by Crippen LogP contribution is -1.89. The molecular formula is C32H20S. The van der Waals surface area contributed by atoms with E-state index in [9.17, 15) is 0 Å². The van der Waals surface area contributed by atoms with E-state index in [0.717, 1.165) is 0 Å². The molecule has 0 atom stereocenters. The third-order valence-corrected chi connectivity index (χ3v) is 7.86. The number of thiophene rings is 1. The van der Waals surface area contributed by atoms with E-state index in [1.807, 2.05) is 11.3 Å². The zero-order valence-corrected chi connectivity index (χ0v) is 18.8. The number of rotatable bonds is 2. The van der Waals surface area contributed by atoms with Gasteiger partial charge in [-0.3, -0.25) is 0 Å². The second-order valence-electron chi connectivity index (χ2n) is 8.52. The molecule has 1 heteroatoms. The highest BCUT2D eigenvalue weighted by molar-refractivity contribution is 7.26. The van der Waals surface area contributed by atoms with Crippen LogP contribution in [-0.4, -0.2) is 0 Å². The van der Waals surface area contributed by atoms with Crippen molar-refractivity contribution in [1.82, 2.24) is 0 Å². The van der Waals surface area contributed by atoms with Gasteiger partial charge in [-0.15, -0.1) is 11.3 Å². The topological polar surface area (TPSA) is 0 Å². The van der Waals surface area contributed by atoms with Crippen LogP contribution in [0.3, 0.4) is 0 Å². The minimum absolute atomic E-state index is 1.25. The average molecular weight is 437 g/mol. The van der Waals surface area contributed by atoms with Crippen molar-refractivity contribution in [1.29, 1.82) is 0 Å². The summed E-state index contributed by atoms with van der Waals surface area (Å²) >= 11 is 1.91. The molecule has 0 fully saturated rings. The molecule has 6 aromatic carbocycles. The van der Waals surface area contributed by atoms with Gasteiger partial charge in [-0.25, -0.2) is 0 Å². The molecule has 7 aromatic rings. The van der Waals surface area contributed by atoms with Gasteiger partial charge in [-0.1, -0.05) is 115 Å². The highest BCUT2D eigenvalue weighted by Gasteiger charge is 2.17. The number of fused-ring (bicyclic) bond motifs is 7. The van der Waals surface area contributed by atoms with Crippen molar-refractivity contribution in [3.8, 4) is 22.3 Å². The minimum Gasteiger partial charge on any atom is -0.135 e. The van der Waals surface area contributed by atoms with Crippen LogP contribution < -0.4 is 0 Å². The summed E-state index contributed by atoms with van der Waals surface area (Å²) in [5.74, 6) is 0. The maximum atomic E-state index is 2.32. The maximum absolute atomic E-state index is 2.32. The van der Waals surface area contributed by atoms with Crippen molar-refractivity contribution in [3.05, 3.63) is 121 Å². The lowest BCUT2D eigenvalue weighted by atomic mass is 9.88. The first-order valence-electron chi connectivity index (χ1n) is 11.3. The predicted molar refractivity (Wildman–Crippen MR) is 145 cm³/mol. The standard InChI is InChI=1S/C32H20S/c1-3-9-21(10-4-1)25-18-16-24-17-20-28-31(30(24)29(25)23-12-5-2-6-13-23)27-19-15-22-11-7-8-14-26(22)32(27)33-28/h1-20H. The molecule has 154 valence electrons. The van der Waals surface area contributed by atoms with Gasteiger partial charge in [0.2, 0.25) is 0 Å². The Morgan fingerprint density at radius 1 is 0.424 bits per heavy atom. The Morgan fingerprint density at radius 3 is 1.91 bits per heavy atom. The Hall–Kier alpha value is -3.94. The monoisotopic (exact) mass is 436 g/mol. The van der Waals surface area contributed by atoms with Crippen molar-refractivity contribution in [3.63, 3.8) is 0 Å². The average Bonchev–Trinajstić information content (AvgIpc) is 3.28. The van der Waals surface area contributed by atoms with Crippen LogP contribution in [0.25, 0.3) is 64.0 Å².